The molecule has 0 bridgehead atoms. The fraction of sp³-hybridized carbons (Fsp3) is 0.400. The van der Waals surface area contributed by atoms with Crippen LogP contribution >= 0.6 is 0 Å². The number of hydrogen-bond acceptors (Lipinski definition) is 3. The van der Waals surface area contributed by atoms with Gasteiger partial charge in [-0.05, 0) is 43.4 Å². The van der Waals surface area contributed by atoms with Crippen molar-refractivity contribution >= 4 is 0 Å². The van der Waals surface area contributed by atoms with Crippen LogP contribution in [0.25, 0.3) is 0 Å². The highest BCUT2D eigenvalue weighted by Gasteiger charge is 2.22. The van der Waals surface area contributed by atoms with Gasteiger partial charge >= 0.3 is 5.69 Å². The molecular weight excluding hydrogens is 374 g/mol. The lowest BCUT2D eigenvalue weighted by molar-refractivity contribution is 0.432. The fourth-order valence-corrected chi connectivity index (χ4v) is 3.71. The first-order valence-corrected chi connectivity index (χ1v) is 10.9. The molecule has 0 saturated heterocycles. The minimum atomic E-state index is -0.411. The van der Waals surface area contributed by atoms with E-state index in [0.29, 0.717) is 12.0 Å². The molecule has 4 rings (SSSR count). The third kappa shape index (κ3) is 7.14. The minimum Gasteiger partial charge on any atom is -0.311 e. The third-order valence-corrected chi connectivity index (χ3v) is 5.08. The Kier molecular flexibility index (Phi) is 9.78. The molecule has 0 radical (unpaired) electrons. The molecule has 1 fully saturated rings. The second-order valence-electron chi connectivity index (χ2n) is 7.29. The van der Waals surface area contributed by atoms with Crippen molar-refractivity contribution in [2.45, 2.75) is 65.2 Å². The summed E-state index contributed by atoms with van der Waals surface area (Å²) >= 11 is 0. The van der Waals surface area contributed by atoms with Crippen molar-refractivity contribution in [1.29, 1.82) is 0 Å². The first kappa shape index (κ1) is 23.3. The Bertz CT molecular complexity index is 960. The number of aryl methyl sites for hydroxylation is 1. The van der Waals surface area contributed by atoms with Crippen LogP contribution in [0.3, 0.4) is 0 Å². The first-order valence-electron chi connectivity index (χ1n) is 10.9. The van der Waals surface area contributed by atoms with Gasteiger partial charge in [-0.25, -0.2) is 4.79 Å². The molecule has 0 aliphatic heterocycles. The summed E-state index contributed by atoms with van der Waals surface area (Å²) in [7, 11) is 0. The Morgan fingerprint density at radius 1 is 0.933 bits per heavy atom. The number of aromatic nitrogens is 3. The average molecular weight is 408 g/mol. The number of H-pyrrole nitrogens is 2. The number of nitrogens with one attached hydrogen (secondary N) is 2. The van der Waals surface area contributed by atoms with Crippen molar-refractivity contribution < 1.29 is 0 Å². The van der Waals surface area contributed by atoms with Gasteiger partial charge in [0.1, 0.15) is 0 Å². The number of aromatic amines is 2. The van der Waals surface area contributed by atoms with Gasteiger partial charge in [-0.1, -0.05) is 69.5 Å². The zero-order chi connectivity index (χ0) is 21.8. The summed E-state index contributed by atoms with van der Waals surface area (Å²) in [5, 5.41) is 0. The third-order valence-electron chi connectivity index (χ3n) is 5.08. The maximum absolute atomic E-state index is 12.3. The summed E-state index contributed by atoms with van der Waals surface area (Å²) in [4.78, 5) is 33.6. The molecule has 1 saturated carbocycles. The maximum Gasteiger partial charge on any atom is 0.325 e. The van der Waals surface area contributed by atoms with Crippen LogP contribution in [0, 0.1) is 6.92 Å². The normalized spacial score (nSPS) is 13.4. The lowest BCUT2D eigenvalue weighted by Crippen LogP contribution is -2.30. The quantitative estimate of drug-likeness (QED) is 0.633. The molecule has 30 heavy (non-hydrogen) atoms. The molecule has 160 valence electrons. The largest absolute Gasteiger partial charge is 0.325 e. The fourth-order valence-electron chi connectivity index (χ4n) is 3.71. The summed E-state index contributed by atoms with van der Waals surface area (Å²) in [5.41, 5.74) is 2.75. The van der Waals surface area contributed by atoms with E-state index in [9.17, 15) is 9.59 Å². The summed E-state index contributed by atoms with van der Waals surface area (Å²) in [6.45, 7) is 6.00. The van der Waals surface area contributed by atoms with Crippen LogP contribution in [-0.4, -0.2) is 15.0 Å². The molecule has 0 unspecified atom stereocenters. The van der Waals surface area contributed by atoms with Crippen LogP contribution in [0.15, 0.2) is 64.3 Å². The second kappa shape index (κ2) is 12.6. The molecular formula is C25H33N3O2. The van der Waals surface area contributed by atoms with E-state index >= 15 is 0 Å². The lowest BCUT2D eigenvalue weighted by atomic mass is 9.84. The highest BCUT2D eigenvalue weighted by molar-refractivity contribution is 5.27. The number of rotatable bonds is 3. The van der Waals surface area contributed by atoms with E-state index < -0.39 is 5.69 Å². The van der Waals surface area contributed by atoms with E-state index in [1.54, 1.807) is 6.20 Å². The van der Waals surface area contributed by atoms with Gasteiger partial charge in [-0.3, -0.25) is 14.8 Å². The Labute approximate surface area is 178 Å². The number of benzene rings is 1. The minimum absolute atomic E-state index is 0.281. The van der Waals surface area contributed by atoms with Crippen LogP contribution in [0.2, 0.25) is 0 Å². The SMILES string of the molecule is CC.Cc1ccnc(Cc2c(C3CCCCC3)[nH]c(=O)[nH]c2=O)c1.c1ccccc1. The Morgan fingerprint density at radius 2 is 1.53 bits per heavy atom. The van der Waals surface area contributed by atoms with Crippen molar-refractivity contribution in [2.24, 2.45) is 0 Å². The molecule has 0 amide bonds. The van der Waals surface area contributed by atoms with Crippen molar-refractivity contribution in [1.82, 2.24) is 15.0 Å². The van der Waals surface area contributed by atoms with E-state index in [-0.39, 0.29) is 11.5 Å². The standard InChI is InChI=1S/C17H21N3O2.C6H6.C2H6/c1-11-7-8-18-13(9-11)10-14-15(12-5-3-2-4-6-12)19-17(22)20-16(14)21;1-2-4-6-5-3-1;1-2/h7-9,12H,2-6,10H2,1H3,(H2,19,20,21,22);1-6H;1-2H3. The highest BCUT2D eigenvalue weighted by atomic mass is 16.2. The van der Waals surface area contributed by atoms with Gasteiger partial charge in [0.25, 0.3) is 5.56 Å². The van der Waals surface area contributed by atoms with E-state index in [1.807, 2.05) is 69.3 Å². The number of hydrogen-bond donors (Lipinski definition) is 2. The van der Waals surface area contributed by atoms with Gasteiger partial charge in [-0.2, -0.15) is 0 Å². The van der Waals surface area contributed by atoms with Crippen molar-refractivity contribution in [2.75, 3.05) is 0 Å². The van der Waals surface area contributed by atoms with Crippen LogP contribution in [0.1, 0.15) is 74.4 Å². The Morgan fingerprint density at radius 3 is 2.10 bits per heavy atom. The summed E-state index contributed by atoms with van der Waals surface area (Å²) in [6.07, 6.45) is 7.83. The number of pyridine rings is 1. The topological polar surface area (TPSA) is 78.6 Å². The predicted octanol–water partition coefficient (Wildman–Crippen LogP) is 5.12. The Hall–Kier alpha value is -2.95. The van der Waals surface area contributed by atoms with E-state index in [0.717, 1.165) is 42.6 Å². The van der Waals surface area contributed by atoms with Crippen LogP contribution in [0.5, 0.6) is 0 Å². The van der Waals surface area contributed by atoms with Crippen LogP contribution in [0.4, 0.5) is 0 Å². The van der Waals surface area contributed by atoms with Gasteiger partial charge in [0.05, 0.1) is 0 Å². The van der Waals surface area contributed by atoms with Crippen molar-refractivity contribution in [3.63, 3.8) is 0 Å². The molecule has 1 aliphatic rings. The van der Waals surface area contributed by atoms with E-state index in [4.69, 9.17) is 0 Å². The zero-order valence-corrected chi connectivity index (χ0v) is 18.3. The van der Waals surface area contributed by atoms with Gasteiger partial charge in [0.2, 0.25) is 0 Å². The zero-order valence-electron chi connectivity index (χ0n) is 18.3. The smallest absolute Gasteiger partial charge is 0.311 e. The molecule has 2 N–H and O–H groups in total. The molecule has 5 heteroatoms. The molecule has 1 aromatic carbocycles. The van der Waals surface area contributed by atoms with Gasteiger partial charge < -0.3 is 4.98 Å². The number of nitrogens with zero attached hydrogens (tertiary/aromatic N) is 1. The van der Waals surface area contributed by atoms with Gasteiger partial charge in [0.15, 0.2) is 0 Å². The second-order valence-corrected chi connectivity index (χ2v) is 7.29. The van der Waals surface area contributed by atoms with Crippen molar-refractivity contribution in [3.8, 4) is 0 Å². The summed E-state index contributed by atoms with van der Waals surface area (Å²) in [6, 6.07) is 15.9. The molecule has 5 nitrogen and oxygen atoms in total. The Balaban J connectivity index is 0.000000340. The van der Waals surface area contributed by atoms with E-state index in [1.165, 1.54) is 6.42 Å². The van der Waals surface area contributed by atoms with Crippen molar-refractivity contribution in [3.05, 3.63) is 98.1 Å². The molecule has 3 aromatic rings. The summed E-state index contributed by atoms with van der Waals surface area (Å²) in [5.74, 6) is 0.281. The molecule has 1 aliphatic carbocycles. The predicted molar refractivity (Wildman–Crippen MR) is 123 cm³/mol. The molecule has 2 heterocycles. The van der Waals surface area contributed by atoms with E-state index in [2.05, 4.69) is 15.0 Å². The van der Waals surface area contributed by atoms with Crippen LogP contribution in [-0.2, 0) is 6.42 Å². The molecule has 0 spiro atoms. The van der Waals surface area contributed by atoms with Crippen LogP contribution < -0.4 is 11.2 Å². The van der Waals surface area contributed by atoms with Gasteiger partial charge in [-0.15, -0.1) is 0 Å². The molecule has 2 aromatic heterocycles. The maximum atomic E-state index is 12.3. The first-order chi connectivity index (χ1) is 14.6. The lowest BCUT2D eigenvalue weighted by Gasteiger charge is -2.23. The van der Waals surface area contributed by atoms with Gasteiger partial charge in [0, 0.05) is 29.6 Å². The highest BCUT2D eigenvalue weighted by Crippen LogP contribution is 2.32. The average Bonchev–Trinajstić information content (AvgIpc) is 2.79. The summed E-state index contributed by atoms with van der Waals surface area (Å²) < 4.78 is 0. The monoisotopic (exact) mass is 407 g/mol. The molecule has 0 atom stereocenters.